The topological polar surface area (TPSA) is 152 Å². The van der Waals surface area contributed by atoms with E-state index in [9.17, 15) is 19.5 Å². The lowest BCUT2D eigenvalue weighted by molar-refractivity contribution is -0.114. The van der Waals surface area contributed by atoms with Crippen LogP contribution in [0.15, 0.2) is 41.3 Å². The van der Waals surface area contributed by atoms with E-state index in [0.29, 0.717) is 17.2 Å². The quantitative estimate of drug-likeness (QED) is 0.268. The third kappa shape index (κ3) is 4.57. The Morgan fingerprint density at radius 3 is 2.57 bits per heavy atom. The average Bonchev–Trinajstić information content (AvgIpc) is 3.37. The van der Waals surface area contributed by atoms with Crippen LogP contribution in [0.1, 0.15) is 50.9 Å². The van der Waals surface area contributed by atoms with Crippen molar-refractivity contribution in [1.82, 2.24) is 0 Å². The van der Waals surface area contributed by atoms with Gasteiger partial charge >= 0.3 is 5.97 Å². The first-order chi connectivity index (χ1) is 17.7. The predicted molar refractivity (Wildman–Crippen MR) is 138 cm³/mol. The van der Waals surface area contributed by atoms with Gasteiger partial charge in [-0.3, -0.25) is 19.9 Å². The number of aliphatic hydroxyl groups is 1. The average molecular weight is 526 g/mol. The van der Waals surface area contributed by atoms with Crippen molar-refractivity contribution in [2.45, 2.75) is 32.6 Å². The maximum Gasteiger partial charge on any atom is 0.341 e. The standard InChI is InChI=1S/C26H27N3O7S/c1-4-36-26(33)20-15-7-5-6-8-19(15)37-25(20)29-16(22(31)21(23(29)27)24(28)32)12-17(30)14-10-9-13(34-2)11-18(14)35-3/h9-12,27,31H,4-8H2,1-3H3,(H2,28,32)/b16-12+,27-23?. The number of thiophene rings is 1. The smallest absolute Gasteiger partial charge is 0.341 e. The number of nitrogens with two attached hydrogens (primary N) is 1. The lowest BCUT2D eigenvalue weighted by Gasteiger charge is -2.21. The fourth-order valence-electron chi connectivity index (χ4n) is 4.48. The Balaban J connectivity index is 1.90. The number of ether oxygens (including phenoxy) is 3. The second-order valence-electron chi connectivity index (χ2n) is 8.34. The Morgan fingerprint density at radius 2 is 1.92 bits per heavy atom. The third-order valence-corrected chi connectivity index (χ3v) is 7.48. The van der Waals surface area contributed by atoms with Gasteiger partial charge in [0.05, 0.1) is 37.7 Å². The molecule has 2 aliphatic rings. The Hall–Kier alpha value is -4.12. The van der Waals surface area contributed by atoms with Crippen LogP contribution < -0.4 is 20.1 Å². The number of anilines is 1. The van der Waals surface area contributed by atoms with E-state index in [1.807, 2.05) is 0 Å². The number of primary amides is 1. The van der Waals surface area contributed by atoms with Crippen molar-refractivity contribution >= 4 is 39.8 Å². The zero-order valence-electron chi connectivity index (χ0n) is 20.7. The number of methoxy groups -OCH3 is 2. The van der Waals surface area contributed by atoms with Crippen molar-refractivity contribution in [2.24, 2.45) is 5.73 Å². The van der Waals surface area contributed by atoms with Crippen molar-refractivity contribution in [1.29, 1.82) is 5.41 Å². The molecule has 1 aromatic heterocycles. The fourth-order valence-corrected chi connectivity index (χ4v) is 5.88. The molecule has 194 valence electrons. The number of hydrogen-bond donors (Lipinski definition) is 3. The van der Waals surface area contributed by atoms with Gasteiger partial charge in [0.25, 0.3) is 5.91 Å². The first-order valence-corrected chi connectivity index (χ1v) is 12.5. The van der Waals surface area contributed by atoms with E-state index < -0.39 is 34.8 Å². The van der Waals surface area contributed by atoms with Crippen LogP contribution in [-0.2, 0) is 22.4 Å². The van der Waals surface area contributed by atoms with Gasteiger partial charge in [-0.25, -0.2) is 4.79 Å². The molecule has 11 heteroatoms. The molecule has 1 amide bonds. The number of carbonyl (C=O) groups is 3. The van der Waals surface area contributed by atoms with Crippen molar-refractivity contribution < 1.29 is 33.7 Å². The molecule has 2 heterocycles. The molecule has 0 spiro atoms. The Labute approximate surface area is 217 Å². The highest BCUT2D eigenvalue weighted by Crippen LogP contribution is 2.45. The number of nitrogens with one attached hydrogen (secondary N) is 1. The highest BCUT2D eigenvalue weighted by atomic mass is 32.1. The van der Waals surface area contributed by atoms with Crippen LogP contribution in [0, 0.1) is 5.41 Å². The maximum absolute atomic E-state index is 13.4. The molecule has 0 bridgehead atoms. The molecule has 0 unspecified atom stereocenters. The Morgan fingerprint density at radius 1 is 1.19 bits per heavy atom. The molecule has 10 nitrogen and oxygen atoms in total. The van der Waals surface area contributed by atoms with Gasteiger partial charge in [-0.05, 0) is 50.3 Å². The van der Waals surface area contributed by atoms with Crippen molar-refractivity contribution in [2.75, 3.05) is 25.7 Å². The van der Waals surface area contributed by atoms with Gasteiger partial charge in [0.1, 0.15) is 27.9 Å². The van der Waals surface area contributed by atoms with Gasteiger partial charge in [-0.1, -0.05) is 0 Å². The highest BCUT2D eigenvalue weighted by Gasteiger charge is 2.41. The van der Waals surface area contributed by atoms with Gasteiger partial charge in [0.15, 0.2) is 11.5 Å². The number of nitrogens with zero attached hydrogens (tertiary/aromatic N) is 1. The summed E-state index contributed by atoms with van der Waals surface area (Å²) in [5, 5.41) is 20.0. The number of esters is 1. The largest absolute Gasteiger partial charge is 0.505 e. The minimum atomic E-state index is -1.04. The van der Waals surface area contributed by atoms with Crippen LogP contribution in [0.5, 0.6) is 11.5 Å². The number of ketones is 1. The molecule has 0 radical (unpaired) electrons. The zero-order chi connectivity index (χ0) is 26.9. The van der Waals surface area contributed by atoms with Gasteiger partial charge in [-0.15, -0.1) is 11.3 Å². The number of benzene rings is 1. The second kappa shape index (κ2) is 10.5. The van der Waals surface area contributed by atoms with E-state index in [1.165, 1.54) is 42.6 Å². The number of aryl methyl sites for hydroxylation is 1. The van der Waals surface area contributed by atoms with E-state index in [4.69, 9.17) is 25.4 Å². The molecule has 0 atom stereocenters. The number of amidine groups is 1. The van der Waals surface area contributed by atoms with E-state index in [0.717, 1.165) is 35.8 Å². The number of amides is 1. The number of fused-ring (bicyclic) bond motifs is 1. The summed E-state index contributed by atoms with van der Waals surface area (Å²) in [6.07, 6.45) is 4.33. The lowest BCUT2D eigenvalue weighted by atomic mass is 9.95. The van der Waals surface area contributed by atoms with E-state index >= 15 is 0 Å². The summed E-state index contributed by atoms with van der Waals surface area (Å²) in [6, 6.07) is 4.63. The van der Waals surface area contributed by atoms with Crippen LogP contribution >= 0.6 is 11.3 Å². The molecular weight excluding hydrogens is 498 g/mol. The summed E-state index contributed by atoms with van der Waals surface area (Å²) in [4.78, 5) is 40.8. The molecule has 1 aliphatic heterocycles. The van der Waals surface area contributed by atoms with Gasteiger partial charge in [-0.2, -0.15) is 0 Å². The Kier molecular flexibility index (Phi) is 7.35. The molecule has 0 saturated carbocycles. The van der Waals surface area contributed by atoms with Gasteiger partial charge in [0.2, 0.25) is 0 Å². The van der Waals surface area contributed by atoms with Crippen LogP contribution in [-0.4, -0.2) is 49.4 Å². The van der Waals surface area contributed by atoms with E-state index in [2.05, 4.69) is 0 Å². The van der Waals surface area contributed by atoms with Crippen molar-refractivity contribution in [3.63, 3.8) is 0 Å². The molecule has 2 aromatic rings. The summed E-state index contributed by atoms with van der Waals surface area (Å²) >= 11 is 1.27. The number of aliphatic hydroxyl groups excluding tert-OH is 1. The number of allylic oxidation sites excluding steroid dienone is 1. The third-order valence-electron chi connectivity index (χ3n) is 6.20. The molecule has 0 saturated heterocycles. The highest BCUT2D eigenvalue weighted by molar-refractivity contribution is 7.17. The van der Waals surface area contributed by atoms with Crippen LogP contribution in [0.3, 0.4) is 0 Å². The normalized spacial score (nSPS) is 16.1. The number of carbonyl (C=O) groups excluding carboxylic acids is 3. The maximum atomic E-state index is 13.4. The lowest BCUT2D eigenvalue weighted by Crippen LogP contribution is -2.30. The molecule has 1 aromatic carbocycles. The first-order valence-electron chi connectivity index (χ1n) is 11.7. The van der Waals surface area contributed by atoms with Crippen LogP contribution in [0.25, 0.3) is 0 Å². The van der Waals surface area contributed by atoms with Gasteiger partial charge < -0.3 is 25.1 Å². The summed E-state index contributed by atoms with van der Waals surface area (Å²) in [5.74, 6) is -2.52. The number of hydrogen-bond acceptors (Lipinski definition) is 9. The molecule has 4 N–H and O–H groups in total. The number of rotatable bonds is 8. The molecule has 0 fully saturated rings. The first kappa shape index (κ1) is 26.0. The second-order valence-corrected chi connectivity index (χ2v) is 9.43. The van der Waals surface area contributed by atoms with Crippen LogP contribution in [0.4, 0.5) is 5.00 Å². The van der Waals surface area contributed by atoms with Crippen molar-refractivity contribution in [3.8, 4) is 11.5 Å². The Bertz CT molecular complexity index is 1370. The van der Waals surface area contributed by atoms with Crippen molar-refractivity contribution in [3.05, 3.63) is 62.9 Å². The van der Waals surface area contributed by atoms with Gasteiger partial charge in [0, 0.05) is 17.0 Å². The van der Waals surface area contributed by atoms with E-state index in [-0.39, 0.29) is 29.2 Å². The molecular formula is C26H27N3O7S. The predicted octanol–water partition coefficient (Wildman–Crippen LogP) is 3.68. The molecule has 1 aliphatic carbocycles. The fraction of sp³-hybridized carbons (Fsp3) is 0.308. The summed E-state index contributed by atoms with van der Waals surface area (Å²) in [5.41, 5.74) is 6.14. The zero-order valence-corrected chi connectivity index (χ0v) is 21.5. The van der Waals surface area contributed by atoms with Crippen LogP contribution in [0.2, 0.25) is 0 Å². The monoisotopic (exact) mass is 525 g/mol. The summed E-state index contributed by atoms with van der Waals surface area (Å²) in [7, 11) is 2.89. The summed E-state index contributed by atoms with van der Waals surface area (Å²) < 4.78 is 15.8. The minimum Gasteiger partial charge on any atom is -0.505 e. The molecule has 4 rings (SSSR count). The van der Waals surface area contributed by atoms with E-state index in [1.54, 1.807) is 13.0 Å². The minimum absolute atomic E-state index is 0.147. The SMILES string of the molecule is CCOC(=O)c1c(N2C(=N)C(C(N)=O)=C(O)/C2=C\C(=O)c2ccc(OC)cc2OC)sc2c1CCCC2. The molecule has 37 heavy (non-hydrogen) atoms. The summed E-state index contributed by atoms with van der Waals surface area (Å²) in [6.45, 7) is 1.84.